The minimum absolute atomic E-state index is 0.579. The number of hydrogen-bond donors (Lipinski definition) is 2. The fourth-order valence-corrected chi connectivity index (χ4v) is 1.07. The van der Waals surface area contributed by atoms with Crippen molar-refractivity contribution in [3.05, 3.63) is 0 Å². The van der Waals surface area contributed by atoms with Gasteiger partial charge >= 0.3 is 5.97 Å². The van der Waals surface area contributed by atoms with Gasteiger partial charge in [-0.25, -0.2) is 8.42 Å². The number of carbonyl (C=O) groups is 1. The summed E-state index contributed by atoms with van der Waals surface area (Å²) in [6.45, 7) is 1.06. The number of hydrogen-bond acceptors (Lipinski definition) is 5. The van der Waals surface area contributed by atoms with Gasteiger partial charge in [-0.15, -0.1) is 0 Å². The molecule has 0 aliphatic carbocycles. The number of nitrogens with zero attached hydrogens (tertiary/aromatic N) is 1. The molecule has 0 aromatic rings. The van der Waals surface area contributed by atoms with E-state index in [0.717, 1.165) is 23.9 Å². The highest BCUT2D eigenvalue weighted by molar-refractivity contribution is 7.84. The van der Waals surface area contributed by atoms with Crippen molar-refractivity contribution in [1.29, 1.82) is 0 Å². The monoisotopic (exact) mass is 284 g/mol. The molecule has 0 bridgehead atoms. The van der Waals surface area contributed by atoms with Crippen LogP contribution in [0.5, 0.6) is 0 Å². The molecule has 0 saturated heterocycles. The van der Waals surface area contributed by atoms with Crippen molar-refractivity contribution in [3.63, 3.8) is 0 Å². The number of unbranched alkanes of at least 4 members (excludes halogenated alkanes) is 1. The third-order valence-corrected chi connectivity index (χ3v) is 1.91. The summed E-state index contributed by atoms with van der Waals surface area (Å²) < 4.78 is 28.1. The van der Waals surface area contributed by atoms with Gasteiger partial charge in [-0.3, -0.25) is 4.79 Å². The Morgan fingerprint density at radius 1 is 1.33 bits per heavy atom. The molecule has 0 saturated carbocycles. The average Bonchev–Trinajstić information content (AvgIpc) is 2.07. The topological polar surface area (TPSA) is 121 Å². The molecule has 0 spiro atoms. The van der Waals surface area contributed by atoms with Crippen LogP contribution >= 0.6 is 0 Å². The van der Waals surface area contributed by atoms with Crippen LogP contribution in [0.4, 0.5) is 0 Å². The maximum Gasteiger partial charge on any atom is 0.320 e. The standard InChI is InChI=1S/C9H20N2O2.CH4O3S/c1-11(2,3)7-5-4-6-8(10)9(12)13;1-5(2,3)4/h8H,4-7,10H2,1-3H3;1H3,(H,2,3,4). The zero-order chi connectivity index (χ0) is 15.0. The first kappa shape index (κ1) is 19.6. The second-order valence-corrected chi connectivity index (χ2v) is 6.57. The van der Waals surface area contributed by atoms with E-state index in [-0.39, 0.29) is 0 Å². The highest BCUT2D eigenvalue weighted by Gasteiger charge is 2.11. The summed E-state index contributed by atoms with van der Waals surface area (Å²) in [5, 5.41) is 8.51. The van der Waals surface area contributed by atoms with Gasteiger partial charge in [-0.2, -0.15) is 0 Å². The van der Waals surface area contributed by atoms with Gasteiger partial charge in [0.2, 0.25) is 0 Å². The third-order valence-electron chi connectivity index (χ3n) is 1.91. The Balaban J connectivity index is 0. The number of nitrogens with two attached hydrogens (primary N) is 1. The summed E-state index contributed by atoms with van der Waals surface area (Å²) in [6, 6.07) is -0.688. The smallest absolute Gasteiger partial charge is 0.320 e. The van der Waals surface area contributed by atoms with Crippen molar-refractivity contribution in [2.45, 2.75) is 25.3 Å². The van der Waals surface area contributed by atoms with Crippen molar-refractivity contribution in [2.24, 2.45) is 5.73 Å². The Labute approximate surface area is 109 Å². The first-order chi connectivity index (χ1) is 7.83. The molecule has 7 nitrogen and oxygen atoms in total. The number of carboxylic acid groups (broad SMARTS) is 1. The van der Waals surface area contributed by atoms with Gasteiger partial charge in [0.15, 0.2) is 0 Å². The zero-order valence-electron chi connectivity index (χ0n) is 11.4. The van der Waals surface area contributed by atoms with E-state index in [1.165, 1.54) is 0 Å². The number of rotatable bonds is 6. The molecule has 110 valence electrons. The Morgan fingerprint density at radius 2 is 1.72 bits per heavy atom. The van der Waals surface area contributed by atoms with Crippen molar-refractivity contribution in [1.82, 2.24) is 0 Å². The number of carboxylic acids is 1. The number of aliphatic carboxylic acids is 1. The lowest BCUT2D eigenvalue weighted by molar-refractivity contribution is -0.870. The van der Waals surface area contributed by atoms with E-state index < -0.39 is 22.1 Å². The largest absolute Gasteiger partial charge is 0.748 e. The highest BCUT2D eigenvalue weighted by Crippen LogP contribution is 2.02. The molecule has 0 aromatic heterocycles. The molecule has 0 amide bonds. The van der Waals surface area contributed by atoms with Crippen molar-refractivity contribution >= 4 is 16.1 Å². The molecule has 0 aromatic carbocycles. The van der Waals surface area contributed by atoms with E-state index in [2.05, 4.69) is 21.1 Å². The van der Waals surface area contributed by atoms with Crippen LogP contribution in [0.3, 0.4) is 0 Å². The van der Waals surface area contributed by atoms with Gasteiger partial charge in [0.25, 0.3) is 0 Å². The van der Waals surface area contributed by atoms with E-state index in [1.807, 2.05) is 0 Å². The van der Waals surface area contributed by atoms with Gasteiger partial charge in [0, 0.05) is 6.26 Å². The lowest BCUT2D eigenvalue weighted by Gasteiger charge is -2.23. The van der Waals surface area contributed by atoms with Crippen LogP contribution in [0, 0.1) is 0 Å². The maximum atomic E-state index is 10.4. The highest BCUT2D eigenvalue weighted by atomic mass is 32.2. The number of quaternary nitrogens is 1. The summed E-state index contributed by atoms with van der Waals surface area (Å²) >= 11 is 0. The van der Waals surface area contributed by atoms with Gasteiger partial charge in [-0.1, -0.05) is 0 Å². The molecule has 0 fully saturated rings. The quantitative estimate of drug-likeness (QED) is 0.383. The Bertz CT molecular complexity index is 327. The Kier molecular flexibility index (Phi) is 9.17. The minimum Gasteiger partial charge on any atom is -0.748 e. The van der Waals surface area contributed by atoms with Crippen LogP contribution < -0.4 is 5.73 Å². The van der Waals surface area contributed by atoms with E-state index in [1.54, 1.807) is 0 Å². The van der Waals surface area contributed by atoms with Crippen molar-refractivity contribution in [3.8, 4) is 0 Å². The lowest BCUT2D eigenvalue weighted by Crippen LogP contribution is -2.35. The second kappa shape index (κ2) is 8.41. The first-order valence-electron chi connectivity index (χ1n) is 5.52. The molecule has 0 radical (unpaired) electrons. The Morgan fingerprint density at radius 3 is 2.00 bits per heavy atom. The molecule has 0 aliphatic heterocycles. The Hall–Kier alpha value is -0.700. The van der Waals surface area contributed by atoms with Gasteiger partial charge in [0.05, 0.1) is 37.8 Å². The van der Waals surface area contributed by atoms with Crippen LogP contribution in [-0.2, 0) is 14.9 Å². The lowest BCUT2D eigenvalue weighted by atomic mass is 10.1. The van der Waals surface area contributed by atoms with E-state index >= 15 is 0 Å². The molecule has 1 unspecified atom stereocenters. The average molecular weight is 284 g/mol. The van der Waals surface area contributed by atoms with Crippen LogP contribution in [-0.4, -0.2) is 68.5 Å². The summed E-state index contributed by atoms with van der Waals surface area (Å²) in [7, 11) is 2.45. The van der Waals surface area contributed by atoms with Crippen LogP contribution in [0.2, 0.25) is 0 Å². The second-order valence-electron chi connectivity index (χ2n) is 5.16. The summed E-state index contributed by atoms with van der Waals surface area (Å²) in [5.74, 6) is -0.898. The molecule has 0 heterocycles. The molecule has 0 rings (SSSR count). The SMILES string of the molecule is CS(=O)(=O)[O-].C[N+](C)(C)CCCCC(N)C(=O)O. The first-order valence-corrected chi connectivity index (χ1v) is 7.34. The fourth-order valence-electron chi connectivity index (χ4n) is 1.07. The zero-order valence-corrected chi connectivity index (χ0v) is 12.2. The van der Waals surface area contributed by atoms with Crippen LogP contribution in [0.1, 0.15) is 19.3 Å². The summed E-state index contributed by atoms with van der Waals surface area (Å²) in [6.07, 6.45) is 3.11. The molecule has 8 heteroatoms. The van der Waals surface area contributed by atoms with E-state index in [0.29, 0.717) is 12.7 Å². The summed E-state index contributed by atoms with van der Waals surface area (Å²) in [4.78, 5) is 10.4. The predicted octanol–water partition coefficient (Wildman–Crippen LogP) is -0.564. The van der Waals surface area contributed by atoms with Crippen LogP contribution in [0.25, 0.3) is 0 Å². The van der Waals surface area contributed by atoms with Crippen molar-refractivity contribution in [2.75, 3.05) is 33.9 Å². The molecule has 1 atom stereocenters. The fraction of sp³-hybridized carbons (Fsp3) is 0.900. The predicted molar refractivity (Wildman–Crippen MR) is 68.0 cm³/mol. The maximum absolute atomic E-state index is 10.4. The minimum atomic E-state index is -3.92. The van der Waals surface area contributed by atoms with Gasteiger partial charge in [-0.05, 0) is 19.3 Å². The molecular weight excluding hydrogens is 260 g/mol. The van der Waals surface area contributed by atoms with Crippen LogP contribution in [0.15, 0.2) is 0 Å². The summed E-state index contributed by atoms with van der Waals surface area (Å²) in [5.41, 5.74) is 5.36. The van der Waals surface area contributed by atoms with Gasteiger partial charge < -0.3 is 19.9 Å². The molecule has 18 heavy (non-hydrogen) atoms. The van der Waals surface area contributed by atoms with E-state index in [9.17, 15) is 4.79 Å². The third kappa shape index (κ3) is 24.5. The molecule has 0 aliphatic rings. The normalized spacial score (nSPS) is 13.4. The molecule has 3 N–H and O–H groups in total. The van der Waals surface area contributed by atoms with E-state index in [4.69, 9.17) is 23.8 Å². The molecular formula is C10H24N2O5S. The van der Waals surface area contributed by atoms with Gasteiger partial charge in [0.1, 0.15) is 6.04 Å². The van der Waals surface area contributed by atoms with Crippen molar-refractivity contribution < 1.29 is 27.4 Å².